The van der Waals surface area contributed by atoms with Gasteiger partial charge in [-0.15, -0.1) is 0 Å². The Kier molecular flexibility index (Phi) is 4.56. The molecular weight excluding hydrogens is 238 g/mol. The van der Waals surface area contributed by atoms with Crippen LogP contribution in [0.25, 0.3) is 0 Å². The molecule has 0 saturated carbocycles. The van der Waals surface area contributed by atoms with Crippen molar-refractivity contribution in [2.45, 2.75) is 32.4 Å². The van der Waals surface area contributed by atoms with Gasteiger partial charge >= 0.3 is 0 Å². The Morgan fingerprint density at radius 1 is 1.50 bits per heavy atom. The molecule has 1 nitrogen and oxygen atoms in total. The van der Waals surface area contributed by atoms with E-state index in [0.29, 0.717) is 6.04 Å². The molecule has 1 atom stereocenters. The lowest BCUT2D eigenvalue weighted by Crippen LogP contribution is -2.33. The number of hydrogen-bond acceptors (Lipinski definition) is 2. The second-order valence-corrected chi connectivity index (χ2v) is 5.95. The van der Waals surface area contributed by atoms with Gasteiger partial charge in [0.25, 0.3) is 0 Å². The molecular formula is C13H18ClNS. The fraction of sp³-hybridized carbons (Fsp3) is 0.538. The second kappa shape index (κ2) is 5.95. The lowest BCUT2D eigenvalue weighted by atomic mass is 10.1. The molecule has 0 aliphatic carbocycles. The first-order valence-corrected chi connectivity index (χ1v) is 7.35. The van der Waals surface area contributed by atoms with E-state index in [2.05, 4.69) is 24.4 Å². The van der Waals surface area contributed by atoms with Crippen molar-refractivity contribution in [2.24, 2.45) is 0 Å². The average Bonchev–Trinajstić information content (AvgIpc) is 2.29. The van der Waals surface area contributed by atoms with Crippen molar-refractivity contribution in [3.8, 4) is 0 Å². The number of thioether (sulfide) groups is 1. The minimum Gasteiger partial charge on any atom is -0.309 e. The van der Waals surface area contributed by atoms with E-state index in [1.54, 1.807) is 0 Å². The fourth-order valence-electron chi connectivity index (χ4n) is 1.95. The molecule has 1 aliphatic heterocycles. The Hall–Kier alpha value is -0.180. The predicted octanol–water partition coefficient (Wildman–Crippen LogP) is 3.63. The molecule has 0 radical (unpaired) electrons. The number of aryl methyl sites for hydroxylation is 1. The number of benzene rings is 1. The van der Waals surface area contributed by atoms with Gasteiger partial charge in [0.05, 0.1) is 0 Å². The van der Waals surface area contributed by atoms with Gasteiger partial charge in [0.15, 0.2) is 0 Å². The van der Waals surface area contributed by atoms with Crippen molar-refractivity contribution in [1.29, 1.82) is 0 Å². The maximum atomic E-state index is 6.20. The van der Waals surface area contributed by atoms with E-state index in [1.165, 1.54) is 35.5 Å². The summed E-state index contributed by atoms with van der Waals surface area (Å²) < 4.78 is 0. The van der Waals surface area contributed by atoms with Gasteiger partial charge in [0.2, 0.25) is 0 Å². The van der Waals surface area contributed by atoms with E-state index >= 15 is 0 Å². The molecule has 1 fully saturated rings. The number of hydrogen-bond donors (Lipinski definition) is 1. The van der Waals surface area contributed by atoms with E-state index in [9.17, 15) is 0 Å². The lowest BCUT2D eigenvalue weighted by molar-refractivity contribution is 0.508. The topological polar surface area (TPSA) is 12.0 Å². The lowest BCUT2D eigenvalue weighted by Gasteiger charge is -2.22. The van der Waals surface area contributed by atoms with Crippen LogP contribution in [0.15, 0.2) is 18.2 Å². The summed E-state index contributed by atoms with van der Waals surface area (Å²) in [7, 11) is 0. The molecule has 2 rings (SSSR count). The Balaban J connectivity index is 1.88. The van der Waals surface area contributed by atoms with Crippen molar-refractivity contribution >= 4 is 23.4 Å². The molecule has 1 saturated heterocycles. The first-order chi connectivity index (χ1) is 7.75. The molecule has 1 N–H and O–H groups in total. The van der Waals surface area contributed by atoms with Gasteiger partial charge in [-0.3, -0.25) is 0 Å². The van der Waals surface area contributed by atoms with Crippen LogP contribution in [-0.4, -0.2) is 17.5 Å². The maximum Gasteiger partial charge on any atom is 0.0453 e. The summed E-state index contributed by atoms with van der Waals surface area (Å²) in [5.74, 6) is 2.56. The normalized spacial score (nSPS) is 21.0. The van der Waals surface area contributed by atoms with Gasteiger partial charge in [0, 0.05) is 23.4 Å². The summed E-state index contributed by atoms with van der Waals surface area (Å²) in [4.78, 5) is 0. The quantitative estimate of drug-likeness (QED) is 0.885. The smallest absolute Gasteiger partial charge is 0.0453 e. The highest BCUT2D eigenvalue weighted by molar-refractivity contribution is 7.99. The largest absolute Gasteiger partial charge is 0.309 e. The van der Waals surface area contributed by atoms with Crippen LogP contribution < -0.4 is 5.32 Å². The Morgan fingerprint density at radius 2 is 2.38 bits per heavy atom. The Morgan fingerprint density at radius 3 is 3.06 bits per heavy atom. The van der Waals surface area contributed by atoms with Gasteiger partial charge in [-0.25, -0.2) is 0 Å². The van der Waals surface area contributed by atoms with Crippen molar-refractivity contribution < 1.29 is 0 Å². The van der Waals surface area contributed by atoms with Gasteiger partial charge < -0.3 is 5.32 Å². The summed E-state index contributed by atoms with van der Waals surface area (Å²) in [6, 6.07) is 6.95. The molecule has 88 valence electrons. The molecule has 0 amide bonds. The van der Waals surface area contributed by atoms with Crippen molar-refractivity contribution in [1.82, 2.24) is 5.32 Å². The monoisotopic (exact) mass is 255 g/mol. The summed E-state index contributed by atoms with van der Waals surface area (Å²) >= 11 is 8.25. The number of rotatable bonds is 3. The van der Waals surface area contributed by atoms with Gasteiger partial charge in [-0.2, -0.15) is 11.8 Å². The summed E-state index contributed by atoms with van der Waals surface area (Å²) in [5, 5.41) is 4.48. The average molecular weight is 256 g/mol. The molecule has 0 aromatic heterocycles. The van der Waals surface area contributed by atoms with Crippen LogP contribution in [0.4, 0.5) is 0 Å². The van der Waals surface area contributed by atoms with Crippen LogP contribution in [0.1, 0.15) is 24.0 Å². The fourth-order valence-corrected chi connectivity index (χ4v) is 3.36. The minimum atomic E-state index is 0.663. The van der Waals surface area contributed by atoms with E-state index in [0.717, 1.165) is 11.6 Å². The highest BCUT2D eigenvalue weighted by Gasteiger charge is 2.13. The molecule has 1 aromatic carbocycles. The van der Waals surface area contributed by atoms with Crippen LogP contribution in [0.5, 0.6) is 0 Å². The Labute approximate surface area is 107 Å². The summed E-state index contributed by atoms with van der Waals surface area (Å²) in [6.45, 7) is 2.96. The number of halogens is 1. The molecule has 1 aliphatic rings. The minimum absolute atomic E-state index is 0.663. The zero-order chi connectivity index (χ0) is 11.4. The van der Waals surface area contributed by atoms with E-state index < -0.39 is 0 Å². The van der Waals surface area contributed by atoms with Crippen LogP contribution in [0, 0.1) is 6.92 Å². The molecule has 1 heterocycles. The van der Waals surface area contributed by atoms with Crippen molar-refractivity contribution in [3.05, 3.63) is 34.3 Å². The molecule has 1 aromatic rings. The molecule has 3 heteroatoms. The van der Waals surface area contributed by atoms with Crippen molar-refractivity contribution in [2.75, 3.05) is 11.5 Å². The number of nitrogens with one attached hydrogen (secondary N) is 1. The zero-order valence-corrected chi connectivity index (χ0v) is 11.2. The third kappa shape index (κ3) is 3.41. The van der Waals surface area contributed by atoms with Crippen molar-refractivity contribution in [3.63, 3.8) is 0 Å². The molecule has 0 spiro atoms. The first-order valence-electron chi connectivity index (χ1n) is 5.82. The first kappa shape index (κ1) is 12.3. The second-order valence-electron chi connectivity index (χ2n) is 4.39. The van der Waals surface area contributed by atoms with Crippen LogP contribution in [0.3, 0.4) is 0 Å². The van der Waals surface area contributed by atoms with E-state index in [4.69, 9.17) is 11.6 Å². The Bertz CT molecular complexity index is 348. The maximum absolute atomic E-state index is 6.20. The third-order valence-electron chi connectivity index (χ3n) is 2.95. The highest BCUT2D eigenvalue weighted by atomic mass is 35.5. The summed E-state index contributed by atoms with van der Waals surface area (Å²) in [6.07, 6.45) is 2.64. The highest BCUT2D eigenvalue weighted by Crippen LogP contribution is 2.20. The van der Waals surface area contributed by atoms with Crippen LogP contribution in [0.2, 0.25) is 5.02 Å². The van der Waals surface area contributed by atoms with E-state index in [1.807, 2.05) is 17.8 Å². The van der Waals surface area contributed by atoms with Gasteiger partial charge in [0.1, 0.15) is 0 Å². The third-order valence-corrected chi connectivity index (χ3v) is 4.52. The molecule has 1 unspecified atom stereocenters. The van der Waals surface area contributed by atoms with Crippen LogP contribution >= 0.6 is 23.4 Å². The van der Waals surface area contributed by atoms with Gasteiger partial charge in [-0.05, 0) is 42.7 Å². The molecule has 0 bridgehead atoms. The van der Waals surface area contributed by atoms with Crippen LogP contribution in [-0.2, 0) is 6.54 Å². The van der Waals surface area contributed by atoms with Gasteiger partial charge in [-0.1, -0.05) is 23.7 Å². The standard InChI is InChI=1S/C13H18ClNS/c1-10-4-5-11(13(14)7-10)8-15-12-3-2-6-16-9-12/h4-5,7,12,15H,2-3,6,8-9H2,1H3. The zero-order valence-electron chi connectivity index (χ0n) is 9.63. The molecule has 16 heavy (non-hydrogen) atoms. The van der Waals surface area contributed by atoms with E-state index in [-0.39, 0.29) is 0 Å². The SMILES string of the molecule is Cc1ccc(CNC2CCCSC2)c(Cl)c1. The predicted molar refractivity (Wildman–Crippen MR) is 73.4 cm³/mol. The summed E-state index contributed by atoms with van der Waals surface area (Å²) in [5.41, 5.74) is 2.44.